The molecule has 0 aliphatic carbocycles. The number of nitrogens with zero attached hydrogens (tertiary/aromatic N) is 3. The number of rotatable bonds is 1. The molecule has 1 amide bonds. The first-order chi connectivity index (χ1) is 8.49. The zero-order chi connectivity index (χ0) is 13.3. The SMILES string of the molecule is Cc1cc(C(=O)N2CCC(C)C(O)C2)c(C)nn1. The average molecular weight is 249 g/mol. The van der Waals surface area contributed by atoms with Crippen molar-refractivity contribution in [2.45, 2.75) is 33.3 Å². The summed E-state index contributed by atoms with van der Waals surface area (Å²) < 4.78 is 0. The average Bonchev–Trinajstić information content (AvgIpc) is 2.35. The zero-order valence-electron chi connectivity index (χ0n) is 11.1. The fourth-order valence-electron chi connectivity index (χ4n) is 2.17. The van der Waals surface area contributed by atoms with Crippen LogP contribution in [0.4, 0.5) is 0 Å². The maximum atomic E-state index is 12.4. The van der Waals surface area contributed by atoms with Gasteiger partial charge in [-0.2, -0.15) is 10.2 Å². The summed E-state index contributed by atoms with van der Waals surface area (Å²) in [7, 11) is 0. The molecule has 1 aromatic heterocycles. The van der Waals surface area contributed by atoms with E-state index < -0.39 is 6.10 Å². The number of carbonyl (C=O) groups excluding carboxylic acids is 1. The highest BCUT2D eigenvalue weighted by Crippen LogP contribution is 2.19. The standard InChI is InChI=1S/C13H19N3O2/c1-8-4-5-16(7-12(8)17)13(18)11-6-9(2)14-15-10(11)3/h6,8,12,17H,4-5,7H2,1-3H3. The number of aliphatic hydroxyl groups is 1. The molecule has 18 heavy (non-hydrogen) atoms. The molecule has 0 bridgehead atoms. The number of aryl methyl sites for hydroxylation is 2. The number of amides is 1. The summed E-state index contributed by atoms with van der Waals surface area (Å²) in [4.78, 5) is 14.1. The minimum absolute atomic E-state index is 0.0588. The third-order valence-corrected chi connectivity index (χ3v) is 3.54. The molecule has 5 heteroatoms. The van der Waals surface area contributed by atoms with Gasteiger partial charge in [0.1, 0.15) is 0 Å². The fourth-order valence-corrected chi connectivity index (χ4v) is 2.17. The van der Waals surface area contributed by atoms with E-state index in [-0.39, 0.29) is 11.8 Å². The highest BCUT2D eigenvalue weighted by atomic mass is 16.3. The lowest BCUT2D eigenvalue weighted by molar-refractivity contribution is 0.0247. The minimum Gasteiger partial charge on any atom is -0.391 e. The topological polar surface area (TPSA) is 66.3 Å². The van der Waals surface area contributed by atoms with Gasteiger partial charge in [-0.15, -0.1) is 0 Å². The zero-order valence-corrected chi connectivity index (χ0v) is 11.1. The van der Waals surface area contributed by atoms with Crippen LogP contribution < -0.4 is 0 Å². The van der Waals surface area contributed by atoms with Gasteiger partial charge in [0.25, 0.3) is 5.91 Å². The van der Waals surface area contributed by atoms with Crippen LogP contribution in [0.25, 0.3) is 0 Å². The van der Waals surface area contributed by atoms with Gasteiger partial charge >= 0.3 is 0 Å². The van der Waals surface area contributed by atoms with Crippen molar-refractivity contribution in [1.29, 1.82) is 0 Å². The molecule has 2 atom stereocenters. The molecule has 2 unspecified atom stereocenters. The fraction of sp³-hybridized carbons (Fsp3) is 0.615. The molecule has 1 aliphatic rings. The Bertz CT molecular complexity index is 462. The molecule has 0 saturated carbocycles. The van der Waals surface area contributed by atoms with Crippen LogP contribution in [0.1, 0.15) is 35.1 Å². The van der Waals surface area contributed by atoms with E-state index in [0.717, 1.165) is 12.1 Å². The van der Waals surface area contributed by atoms with Crippen molar-refractivity contribution in [3.05, 3.63) is 23.0 Å². The number of β-amino-alcohol motifs (C(OH)–C–C–N with tert-alkyl or cyclic N) is 1. The van der Waals surface area contributed by atoms with E-state index in [1.807, 2.05) is 13.8 Å². The molecule has 1 fully saturated rings. The van der Waals surface area contributed by atoms with Gasteiger partial charge in [-0.3, -0.25) is 4.79 Å². The third kappa shape index (κ3) is 2.51. The van der Waals surface area contributed by atoms with E-state index >= 15 is 0 Å². The van der Waals surface area contributed by atoms with Gasteiger partial charge < -0.3 is 10.0 Å². The van der Waals surface area contributed by atoms with Gasteiger partial charge in [-0.05, 0) is 32.3 Å². The summed E-state index contributed by atoms with van der Waals surface area (Å²) >= 11 is 0. The predicted octanol–water partition coefficient (Wildman–Crippen LogP) is 0.936. The summed E-state index contributed by atoms with van der Waals surface area (Å²) in [6.45, 7) is 6.70. The molecule has 1 aromatic rings. The minimum atomic E-state index is -0.432. The molecule has 0 aromatic carbocycles. The van der Waals surface area contributed by atoms with Gasteiger partial charge in [0, 0.05) is 13.1 Å². The van der Waals surface area contributed by atoms with E-state index in [1.165, 1.54) is 0 Å². The summed E-state index contributed by atoms with van der Waals surface area (Å²) in [5, 5.41) is 17.7. The predicted molar refractivity (Wildman–Crippen MR) is 67.2 cm³/mol. The Morgan fingerprint density at radius 3 is 2.83 bits per heavy atom. The summed E-state index contributed by atoms with van der Waals surface area (Å²) in [5.74, 6) is 0.198. The van der Waals surface area contributed by atoms with Crippen LogP contribution >= 0.6 is 0 Å². The van der Waals surface area contributed by atoms with Crippen LogP contribution in [-0.4, -0.2) is 45.3 Å². The van der Waals surface area contributed by atoms with E-state index in [2.05, 4.69) is 10.2 Å². The van der Waals surface area contributed by atoms with Crippen LogP contribution in [-0.2, 0) is 0 Å². The molecule has 2 rings (SSSR count). The van der Waals surface area contributed by atoms with Gasteiger partial charge in [0.05, 0.1) is 23.1 Å². The molecule has 1 N–H and O–H groups in total. The van der Waals surface area contributed by atoms with E-state index in [0.29, 0.717) is 24.3 Å². The quantitative estimate of drug-likeness (QED) is 0.804. The summed E-state index contributed by atoms with van der Waals surface area (Å²) in [6, 6.07) is 1.76. The molecular weight excluding hydrogens is 230 g/mol. The number of piperidine rings is 1. The largest absolute Gasteiger partial charge is 0.391 e. The monoisotopic (exact) mass is 249 g/mol. The molecule has 1 aliphatic heterocycles. The Hall–Kier alpha value is -1.49. The lowest BCUT2D eigenvalue weighted by Crippen LogP contribution is -2.46. The maximum Gasteiger partial charge on any atom is 0.255 e. The van der Waals surface area contributed by atoms with Crippen LogP contribution in [0.15, 0.2) is 6.07 Å². The molecule has 98 valence electrons. The first kappa shape index (κ1) is 13.0. The van der Waals surface area contributed by atoms with Crippen LogP contribution in [0, 0.1) is 19.8 Å². The molecule has 5 nitrogen and oxygen atoms in total. The van der Waals surface area contributed by atoms with Gasteiger partial charge in [0.2, 0.25) is 0 Å². The van der Waals surface area contributed by atoms with Crippen molar-refractivity contribution in [2.75, 3.05) is 13.1 Å². The number of hydrogen-bond donors (Lipinski definition) is 1. The van der Waals surface area contributed by atoms with Crippen molar-refractivity contribution in [3.63, 3.8) is 0 Å². The van der Waals surface area contributed by atoms with Crippen molar-refractivity contribution in [1.82, 2.24) is 15.1 Å². The normalized spacial score (nSPS) is 24.1. The van der Waals surface area contributed by atoms with Crippen molar-refractivity contribution >= 4 is 5.91 Å². The number of hydrogen-bond acceptors (Lipinski definition) is 4. The summed E-state index contributed by atoms with van der Waals surface area (Å²) in [6.07, 6.45) is 0.405. The molecule has 0 spiro atoms. The van der Waals surface area contributed by atoms with E-state index in [9.17, 15) is 9.90 Å². The second-order valence-corrected chi connectivity index (χ2v) is 5.07. The highest BCUT2D eigenvalue weighted by molar-refractivity contribution is 5.95. The smallest absolute Gasteiger partial charge is 0.255 e. The second kappa shape index (κ2) is 5.02. The van der Waals surface area contributed by atoms with Gasteiger partial charge in [-0.25, -0.2) is 0 Å². The van der Waals surface area contributed by atoms with Crippen molar-refractivity contribution < 1.29 is 9.90 Å². The Balaban J connectivity index is 2.19. The third-order valence-electron chi connectivity index (χ3n) is 3.54. The van der Waals surface area contributed by atoms with Crippen LogP contribution in [0.2, 0.25) is 0 Å². The van der Waals surface area contributed by atoms with Gasteiger partial charge in [0.15, 0.2) is 0 Å². The van der Waals surface area contributed by atoms with Crippen LogP contribution in [0.5, 0.6) is 0 Å². The van der Waals surface area contributed by atoms with Gasteiger partial charge in [-0.1, -0.05) is 6.92 Å². The number of carbonyl (C=O) groups is 1. The Morgan fingerprint density at radius 1 is 1.44 bits per heavy atom. The number of aromatic nitrogens is 2. The molecule has 1 saturated heterocycles. The molecule has 0 radical (unpaired) electrons. The Labute approximate surface area is 107 Å². The number of aliphatic hydroxyl groups excluding tert-OH is 1. The lowest BCUT2D eigenvalue weighted by Gasteiger charge is -2.34. The first-order valence-electron chi connectivity index (χ1n) is 6.27. The first-order valence-corrected chi connectivity index (χ1v) is 6.27. The lowest BCUT2D eigenvalue weighted by atomic mass is 9.95. The van der Waals surface area contributed by atoms with E-state index in [1.54, 1.807) is 17.9 Å². The Kier molecular flexibility index (Phi) is 3.61. The molecule has 2 heterocycles. The second-order valence-electron chi connectivity index (χ2n) is 5.07. The van der Waals surface area contributed by atoms with Crippen LogP contribution in [0.3, 0.4) is 0 Å². The van der Waals surface area contributed by atoms with E-state index in [4.69, 9.17) is 0 Å². The molecular formula is C13H19N3O2. The van der Waals surface area contributed by atoms with Crippen molar-refractivity contribution in [2.24, 2.45) is 5.92 Å². The highest BCUT2D eigenvalue weighted by Gasteiger charge is 2.28. The number of likely N-dealkylation sites (tertiary alicyclic amines) is 1. The van der Waals surface area contributed by atoms with Crippen molar-refractivity contribution in [3.8, 4) is 0 Å². The Morgan fingerprint density at radius 2 is 2.17 bits per heavy atom. The summed E-state index contributed by atoms with van der Waals surface area (Å²) in [5.41, 5.74) is 1.96. The maximum absolute atomic E-state index is 12.4.